The third-order valence-electron chi connectivity index (χ3n) is 2.52. The first-order valence-electron chi connectivity index (χ1n) is 6.35. The summed E-state index contributed by atoms with van der Waals surface area (Å²) in [4.78, 5) is 12.5. The molecule has 0 aliphatic heterocycles. The van der Waals surface area contributed by atoms with Gasteiger partial charge in [0, 0.05) is 3.57 Å². The van der Waals surface area contributed by atoms with Gasteiger partial charge in [-0.3, -0.25) is 0 Å². The third-order valence-corrected chi connectivity index (χ3v) is 3.24. The molecule has 0 aliphatic rings. The molecule has 0 heterocycles. The van der Waals surface area contributed by atoms with Crippen LogP contribution in [0.2, 0.25) is 0 Å². The highest BCUT2D eigenvalue weighted by molar-refractivity contribution is 14.1. The molecule has 19 heavy (non-hydrogen) atoms. The second-order valence-corrected chi connectivity index (χ2v) is 5.00. The Morgan fingerprint density at radius 3 is 1.95 bits per heavy atom. The van der Waals surface area contributed by atoms with Gasteiger partial charge in [0.2, 0.25) is 0 Å². The summed E-state index contributed by atoms with van der Waals surface area (Å²) in [5.74, 6) is -0.383. The van der Waals surface area contributed by atoms with Gasteiger partial charge in [-0.05, 0) is 66.5 Å². The van der Waals surface area contributed by atoms with Crippen molar-refractivity contribution in [1.29, 1.82) is 0 Å². The monoisotopic (exact) mass is 379 g/mol. The van der Waals surface area contributed by atoms with Crippen LogP contribution in [0.1, 0.15) is 20.8 Å². The average molecular weight is 379 g/mol. The Labute approximate surface area is 128 Å². The molecule has 0 unspecified atom stereocenters. The molecule has 0 amide bonds. The number of rotatable bonds is 6. The van der Waals surface area contributed by atoms with Crippen molar-refractivity contribution in [3.8, 4) is 5.75 Å². The molecule has 0 saturated carbocycles. The average Bonchev–Trinajstić information content (AvgIpc) is 2.41. The van der Waals surface area contributed by atoms with E-state index in [1.165, 1.54) is 19.6 Å². The third kappa shape index (κ3) is 9.72. The van der Waals surface area contributed by atoms with Gasteiger partial charge in [0.15, 0.2) is 6.61 Å². The van der Waals surface area contributed by atoms with Gasteiger partial charge in [-0.15, -0.1) is 0 Å². The largest absolute Gasteiger partial charge is 0.482 e. The molecule has 1 rings (SSSR count). The summed E-state index contributed by atoms with van der Waals surface area (Å²) in [5, 5.41) is 8.30. The maximum Gasteiger partial charge on any atom is 0.341 e. The molecule has 0 aliphatic carbocycles. The van der Waals surface area contributed by atoms with Crippen LogP contribution < -0.4 is 4.74 Å². The summed E-state index contributed by atoms with van der Waals surface area (Å²) in [7, 11) is 0. The van der Waals surface area contributed by atoms with Crippen molar-refractivity contribution in [2.75, 3.05) is 26.2 Å². The maximum atomic E-state index is 10.1. The SMILES string of the molecule is CCN(CC)CC.O=C(O)COc1ccc(I)cc1. The number of halogens is 1. The zero-order valence-electron chi connectivity index (χ0n) is 11.7. The summed E-state index contributed by atoms with van der Waals surface area (Å²) >= 11 is 2.17. The summed E-state index contributed by atoms with van der Waals surface area (Å²) in [5.41, 5.74) is 0. The maximum absolute atomic E-state index is 10.1. The van der Waals surface area contributed by atoms with Gasteiger partial charge in [-0.25, -0.2) is 4.79 Å². The van der Waals surface area contributed by atoms with Crippen LogP contribution in [0, 0.1) is 3.57 Å². The van der Waals surface area contributed by atoms with E-state index < -0.39 is 5.97 Å². The van der Waals surface area contributed by atoms with Crippen molar-refractivity contribution < 1.29 is 14.6 Å². The first-order valence-corrected chi connectivity index (χ1v) is 7.43. The molecule has 0 atom stereocenters. The van der Waals surface area contributed by atoms with Crippen molar-refractivity contribution in [3.05, 3.63) is 27.8 Å². The van der Waals surface area contributed by atoms with E-state index in [9.17, 15) is 4.79 Å². The summed E-state index contributed by atoms with van der Waals surface area (Å²) < 4.78 is 6.01. The van der Waals surface area contributed by atoms with E-state index >= 15 is 0 Å². The van der Waals surface area contributed by atoms with Crippen molar-refractivity contribution in [2.24, 2.45) is 0 Å². The summed E-state index contributed by atoms with van der Waals surface area (Å²) in [6, 6.07) is 7.20. The number of hydrogen-bond acceptors (Lipinski definition) is 3. The lowest BCUT2D eigenvalue weighted by molar-refractivity contribution is -0.139. The fraction of sp³-hybridized carbons (Fsp3) is 0.500. The minimum atomic E-state index is -0.964. The van der Waals surface area contributed by atoms with Crippen LogP contribution in [0.15, 0.2) is 24.3 Å². The molecule has 0 radical (unpaired) electrons. The van der Waals surface area contributed by atoms with E-state index in [1.807, 2.05) is 12.1 Å². The Balaban J connectivity index is 0.000000399. The highest BCUT2D eigenvalue weighted by atomic mass is 127. The number of nitrogens with zero attached hydrogens (tertiary/aromatic N) is 1. The molecule has 0 fully saturated rings. The molecule has 108 valence electrons. The normalized spacial score (nSPS) is 9.74. The highest BCUT2D eigenvalue weighted by Crippen LogP contribution is 2.12. The number of carbonyl (C=O) groups is 1. The van der Waals surface area contributed by atoms with Gasteiger partial charge in [-0.1, -0.05) is 20.8 Å². The van der Waals surface area contributed by atoms with Crippen LogP contribution in [-0.2, 0) is 4.79 Å². The van der Waals surface area contributed by atoms with Gasteiger partial charge in [0.1, 0.15) is 5.75 Å². The van der Waals surface area contributed by atoms with E-state index in [-0.39, 0.29) is 6.61 Å². The number of aliphatic carboxylic acids is 1. The molecule has 1 aromatic carbocycles. The standard InChI is InChI=1S/C8H7IO3.C6H15N/c9-6-1-3-7(4-2-6)12-5-8(10)11;1-4-7(5-2)6-3/h1-4H,5H2,(H,10,11);4-6H2,1-3H3. The Morgan fingerprint density at radius 2 is 1.63 bits per heavy atom. The first-order chi connectivity index (χ1) is 9.03. The topological polar surface area (TPSA) is 49.8 Å². The second kappa shape index (κ2) is 11.0. The van der Waals surface area contributed by atoms with Crippen molar-refractivity contribution in [3.63, 3.8) is 0 Å². The fourth-order valence-corrected chi connectivity index (χ4v) is 1.71. The predicted molar refractivity (Wildman–Crippen MR) is 85.8 cm³/mol. The number of ether oxygens (including phenoxy) is 1. The lowest BCUT2D eigenvalue weighted by atomic mass is 10.3. The molecule has 0 bridgehead atoms. The van der Waals surface area contributed by atoms with Gasteiger partial charge < -0.3 is 14.7 Å². The van der Waals surface area contributed by atoms with Crippen LogP contribution in [0.4, 0.5) is 0 Å². The molecule has 0 aromatic heterocycles. The molecule has 1 N–H and O–H groups in total. The molecule has 0 spiro atoms. The van der Waals surface area contributed by atoms with E-state index in [0.717, 1.165) is 3.57 Å². The molecular formula is C14H22INO3. The Kier molecular flexibility index (Phi) is 10.6. The van der Waals surface area contributed by atoms with Crippen LogP contribution in [0.5, 0.6) is 5.75 Å². The summed E-state index contributed by atoms with van der Waals surface area (Å²) in [6.45, 7) is 9.83. The van der Waals surface area contributed by atoms with Crippen LogP contribution in [0.25, 0.3) is 0 Å². The van der Waals surface area contributed by atoms with Gasteiger partial charge >= 0.3 is 5.97 Å². The zero-order chi connectivity index (χ0) is 14.7. The number of carboxylic acid groups (broad SMARTS) is 1. The van der Waals surface area contributed by atoms with E-state index in [4.69, 9.17) is 9.84 Å². The van der Waals surface area contributed by atoms with Crippen LogP contribution in [-0.4, -0.2) is 42.2 Å². The molecule has 0 saturated heterocycles. The van der Waals surface area contributed by atoms with Gasteiger partial charge in [-0.2, -0.15) is 0 Å². The second-order valence-electron chi connectivity index (χ2n) is 3.76. The molecule has 5 heteroatoms. The van der Waals surface area contributed by atoms with Gasteiger partial charge in [0.05, 0.1) is 0 Å². The number of benzene rings is 1. The van der Waals surface area contributed by atoms with Gasteiger partial charge in [0.25, 0.3) is 0 Å². The smallest absolute Gasteiger partial charge is 0.341 e. The molecule has 1 aromatic rings. The fourth-order valence-electron chi connectivity index (χ4n) is 1.35. The van der Waals surface area contributed by atoms with E-state index in [1.54, 1.807) is 12.1 Å². The molecular weight excluding hydrogens is 357 g/mol. The van der Waals surface area contributed by atoms with Crippen molar-refractivity contribution in [2.45, 2.75) is 20.8 Å². The molecule has 4 nitrogen and oxygen atoms in total. The minimum Gasteiger partial charge on any atom is -0.482 e. The predicted octanol–water partition coefficient (Wildman–Crippen LogP) is 3.10. The lowest BCUT2D eigenvalue weighted by Gasteiger charge is -2.13. The van der Waals surface area contributed by atoms with Crippen molar-refractivity contribution >= 4 is 28.6 Å². The number of hydrogen-bond donors (Lipinski definition) is 1. The van der Waals surface area contributed by atoms with Crippen molar-refractivity contribution in [1.82, 2.24) is 4.90 Å². The Morgan fingerprint density at radius 1 is 1.16 bits per heavy atom. The highest BCUT2D eigenvalue weighted by Gasteiger charge is 1.97. The lowest BCUT2D eigenvalue weighted by Crippen LogP contribution is -2.21. The minimum absolute atomic E-state index is 0.291. The number of carboxylic acids is 1. The van der Waals surface area contributed by atoms with Crippen LogP contribution >= 0.6 is 22.6 Å². The Bertz CT molecular complexity index is 345. The Hall–Kier alpha value is -0.820. The van der Waals surface area contributed by atoms with E-state index in [0.29, 0.717) is 5.75 Å². The van der Waals surface area contributed by atoms with Crippen LogP contribution in [0.3, 0.4) is 0 Å². The zero-order valence-corrected chi connectivity index (χ0v) is 13.9. The quantitative estimate of drug-likeness (QED) is 0.772. The summed E-state index contributed by atoms with van der Waals surface area (Å²) in [6.07, 6.45) is 0. The van der Waals surface area contributed by atoms with E-state index in [2.05, 4.69) is 48.3 Å². The first kappa shape index (κ1) is 18.2.